The summed E-state index contributed by atoms with van der Waals surface area (Å²) in [6.07, 6.45) is 2.16. The summed E-state index contributed by atoms with van der Waals surface area (Å²) in [7, 11) is -2.99. The number of nitrogens with zero attached hydrogens (tertiary/aromatic N) is 5. The molecule has 152 valence electrons. The Kier molecular flexibility index (Phi) is 4.85. The number of aryl methyl sites for hydroxylation is 1. The molecule has 2 aromatic rings. The summed E-state index contributed by atoms with van der Waals surface area (Å²) in [4.78, 5) is 14.3. The SMILES string of the molecule is CCN1C(=O)/C(=N/N=C\c2c(C)nn([C@@H]3CCS(=O)(=O)C3)c2C)c2ccccc21. The van der Waals surface area contributed by atoms with Crippen LogP contribution >= 0.6 is 0 Å². The zero-order chi connectivity index (χ0) is 20.8. The third-order valence-corrected chi connectivity index (χ3v) is 7.24. The van der Waals surface area contributed by atoms with Crippen molar-refractivity contribution < 1.29 is 13.2 Å². The first kappa shape index (κ1) is 19.5. The zero-order valence-electron chi connectivity index (χ0n) is 16.7. The lowest BCUT2D eigenvalue weighted by molar-refractivity contribution is -0.112. The normalized spacial score (nSPS) is 22.2. The summed E-state index contributed by atoms with van der Waals surface area (Å²) < 4.78 is 25.4. The molecule has 1 aromatic carbocycles. The van der Waals surface area contributed by atoms with E-state index < -0.39 is 9.84 Å². The predicted octanol–water partition coefficient (Wildman–Crippen LogP) is 2.05. The summed E-state index contributed by atoms with van der Waals surface area (Å²) in [6.45, 7) is 6.24. The van der Waals surface area contributed by atoms with Crippen LogP contribution in [-0.2, 0) is 14.6 Å². The van der Waals surface area contributed by atoms with E-state index in [9.17, 15) is 13.2 Å². The fourth-order valence-corrected chi connectivity index (χ4v) is 5.69. The molecule has 4 rings (SSSR count). The van der Waals surface area contributed by atoms with Crippen molar-refractivity contribution >= 4 is 33.4 Å². The van der Waals surface area contributed by atoms with E-state index in [1.54, 1.807) is 15.8 Å². The van der Waals surface area contributed by atoms with E-state index >= 15 is 0 Å². The number of carbonyl (C=O) groups excluding carboxylic acids is 1. The van der Waals surface area contributed by atoms with Gasteiger partial charge >= 0.3 is 0 Å². The van der Waals surface area contributed by atoms with Crippen molar-refractivity contribution in [1.82, 2.24) is 9.78 Å². The smallest absolute Gasteiger partial charge is 0.279 e. The van der Waals surface area contributed by atoms with Crippen molar-refractivity contribution in [3.05, 3.63) is 46.8 Å². The van der Waals surface area contributed by atoms with Gasteiger partial charge in [0, 0.05) is 23.4 Å². The molecule has 0 bridgehead atoms. The summed E-state index contributed by atoms with van der Waals surface area (Å²) >= 11 is 0. The average molecular weight is 414 g/mol. The maximum absolute atomic E-state index is 12.7. The van der Waals surface area contributed by atoms with Crippen molar-refractivity contribution in [3.8, 4) is 0 Å². The van der Waals surface area contributed by atoms with Gasteiger partial charge in [0.05, 0.1) is 35.1 Å². The third kappa shape index (κ3) is 3.39. The van der Waals surface area contributed by atoms with E-state index in [0.29, 0.717) is 18.7 Å². The van der Waals surface area contributed by atoms with Crippen molar-refractivity contribution in [2.45, 2.75) is 33.2 Å². The second-order valence-corrected chi connectivity index (χ2v) is 9.57. The van der Waals surface area contributed by atoms with E-state index in [-0.39, 0.29) is 23.5 Å². The largest absolute Gasteiger partial charge is 0.307 e. The molecule has 0 spiro atoms. The monoisotopic (exact) mass is 413 g/mol. The average Bonchev–Trinajstić information content (AvgIpc) is 3.28. The Morgan fingerprint density at radius 1 is 1.28 bits per heavy atom. The third-order valence-electron chi connectivity index (χ3n) is 5.49. The molecule has 9 heteroatoms. The van der Waals surface area contributed by atoms with E-state index in [2.05, 4.69) is 15.3 Å². The summed E-state index contributed by atoms with van der Waals surface area (Å²) in [5.41, 5.74) is 4.34. The highest BCUT2D eigenvalue weighted by molar-refractivity contribution is 7.91. The number of likely N-dealkylation sites (N-methyl/N-ethyl adjacent to an activating group) is 1. The molecule has 0 radical (unpaired) electrons. The van der Waals surface area contributed by atoms with Crippen LogP contribution in [0.1, 0.15) is 41.9 Å². The van der Waals surface area contributed by atoms with Crippen molar-refractivity contribution in [2.75, 3.05) is 23.0 Å². The molecular weight excluding hydrogens is 390 g/mol. The highest BCUT2D eigenvalue weighted by atomic mass is 32.2. The molecule has 1 saturated heterocycles. The van der Waals surface area contributed by atoms with E-state index in [0.717, 1.165) is 28.2 Å². The molecular formula is C20H23N5O3S. The molecule has 0 saturated carbocycles. The first-order valence-electron chi connectivity index (χ1n) is 9.61. The van der Waals surface area contributed by atoms with E-state index in [1.165, 1.54) is 0 Å². The number of hydrogen-bond donors (Lipinski definition) is 0. The van der Waals surface area contributed by atoms with Crippen molar-refractivity contribution in [1.29, 1.82) is 0 Å². The number of benzene rings is 1. The van der Waals surface area contributed by atoms with Crippen LogP contribution < -0.4 is 4.90 Å². The number of para-hydroxylation sites is 1. The number of carbonyl (C=O) groups is 1. The highest BCUT2D eigenvalue weighted by Gasteiger charge is 2.33. The minimum Gasteiger partial charge on any atom is -0.307 e. The van der Waals surface area contributed by atoms with Gasteiger partial charge in [-0.3, -0.25) is 9.48 Å². The Bertz CT molecular complexity index is 1150. The van der Waals surface area contributed by atoms with Crippen LogP contribution in [0.4, 0.5) is 5.69 Å². The van der Waals surface area contributed by atoms with Crippen LogP contribution in [0.3, 0.4) is 0 Å². The maximum atomic E-state index is 12.7. The van der Waals surface area contributed by atoms with Gasteiger partial charge in [-0.15, -0.1) is 5.10 Å². The van der Waals surface area contributed by atoms with Gasteiger partial charge in [0.1, 0.15) is 0 Å². The first-order chi connectivity index (χ1) is 13.8. The highest BCUT2D eigenvalue weighted by Crippen LogP contribution is 2.29. The van der Waals surface area contributed by atoms with Gasteiger partial charge < -0.3 is 4.90 Å². The number of aromatic nitrogens is 2. The van der Waals surface area contributed by atoms with Gasteiger partial charge in [0.25, 0.3) is 5.91 Å². The molecule has 3 heterocycles. The topological polar surface area (TPSA) is 97.0 Å². The van der Waals surface area contributed by atoms with Crippen molar-refractivity contribution in [2.24, 2.45) is 10.2 Å². The van der Waals surface area contributed by atoms with E-state index in [1.807, 2.05) is 45.0 Å². The van der Waals surface area contributed by atoms with Crippen LogP contribution in [0.25, 0.3) is 0 Å². The molecule has 1 aromatic heterocycles. The summed E-state index contributed by atoms with van der Waals surface area (Å²) in [6, 6.07) is 7.39. The molecule has 0 N–H and O–H groups in total. The predicted molar refractivity (Wildman–Crippen MR) is 113 cm³/mol. The number of amides is 1. The fourth-order valence-electron chi connectivity index (χ4n) is 4.00. The van der Waals surface area contributed by atoms with Crippen molar-refractivity contribution in [3.63, 3.8) is 0 Å². The minimum absolute atomic E-state index is 0.117. The van der Waals surface area contributed by atoms with Crippen LogP contribution in [-0.4, -0.2) is 54.1 Å². The van der Waals surface area contributed by atoms with Gasteiger partial charge in [0.2, 0.25) is 0 Å². The van der Waals surface area contributed by atoms with Gasteiger partial charge in [-0.05, 0) is 33.3 Å². The lowest BCUT2D eigenvalue weighted by Crippen LogP contribution is -2.29. The van der Waals surface area contributed by atoms with Gasteiger partial charge in [0.15, 0.2) is 15.5 Å². The minimum atomic E-state index is -2.99. The van der Waals surface area contributed by atoms with Crippen LogP contribution in [0, 0.1) is 13.8 Å². The van der Waals surface area contributed by atoms with Crippen LogP contribution in [0.15, 0.2) is 34.5 Å². The Morgan fingerprint density at radius 3 is 2.72 bits per heavy atom. The zero-order valence-corrected chi connectivity index (χ0v) is 17.5. The lowest BCUT2D eigenvalue weighted by atomic mass is 10.1. The Labute approximate surface area is 169 Å². The molecule has 0 aliphatic carbocycles. The van der Waals surface area contributed by atoms with Crippen LogP contribution in [0.2, 0.25) is 0 Å². The molecule has 0 unspecified atom stereocenters. The van der Waals surface area contributed by atoms with Gasteiger partial charge in [-0.25, -0.2) is 8.42 Å². The Balaban J connectivity index is 1.63. The first-order valence-corrected chi connectivity index (χ1v) is 11.4. The number of sulfone groups is 1. The maximum Gasteiger partial charge on any atom is 0.279 e. The van der Waals surface area contributed by atoms with Gasteiger partial charge in [-0.1, -0.05) is 18.2 Å². The fraction of sp³-hybridized carbons (Fsp3) is 0.400. The number of anilines is 1. The molecule has 1 atom stereocenters. The van der Waals surface area contributed by atoms with Gasteiger partial charge in [-0.2, -0.15) is 10.2 Å². The number of fused-ring (bicyclic) bond motifs is 1. The quantitative estimate of drug-likeness (QED) is 0.566. The summed E-state index contributed by atoms with van der Waals surface area (Å²) in [5, 5.41) is 12.9. The Hall–Kier alpha value is -2.81. The number of hydrogen-bond acceptors (Lipinski definition) is 6. The Morgan fingerprint density at radius 2 is 2.03 bits per heavy atom. The standard InChI is InChI=1S/C20H23N5O3S/c1-4-24-18-8-6-5-7-16(18)19(20(24)26)22-21-11-17-13(2)23-25(14(17)3)15-9-10-29(27,28)12-15/h5-8,11,15H,4,9-10,12H2,1-3H3/b21-11-,22-19+/t15-/m1/s1. The van der Waals surface area contributed by atoms with E-state index in [4.69, 9.17) is 0 Å². The summed E-state index contributed by atoms with van der Waals surface area (Å²) in [5.74, 6) is 0.153. The van der Waals surface area contributed by atoms with Crippen LogP contribution in [0.5, 0.6) is 0 Å². The molecule has 2 aliphatic heterocycles. The molecule has 1 amide bonds. The molecule has 8 nitrogen and oxygen atoms in total. The lowest BCUT2D eigenvalue weighted by Gasteiger charge is -2.12. The second kappa shape index (κ2) is 7.22. The second-order valence-electron chi connectivity index (χ2n) is 7.35. The number of rotatable bonds is 4. The molecule has 2 aliphatic rings. The molecule has 1 fully saturated rings. The molecule has 29 heavy (non-hydrogen) atoms.